The van der Waals surface area contributed by atoms with E-state index in [1.165, 1.54) is 7.11 Å². The Balaban J connectivity index is 5.95. The second-order valence-corrected chi connectivity index (χ2v) is 20.8. The first kappa shape index (κ1) is 28.5. The maximum absolute atomic E-state index is 11.9. The van der Waals surface area contributed by atoms with Gasteiger partial charge in [0.25, 0.3) is 0 Å². The molecule has 0 heterocycles. The van der Waals surface area contributed by atoms with Crippen molar-refractivity contribution < 1.29 is 23.5 Å². The van der Waals surface area contributed by atoms with Crippen molar-refractivity contribution in [2.24, 2.45) is 5.92 Å². The zero-order valence-corrected chi connectivity index (χ0v) is 23.1. The number of aliphatic hydroxyl groups excluding tert-OH is 1. The van der Waals surface area contributed by atoms with Gasteiger partial charge in [0.2, 0.25) is 0 Å². The normalized spacial score (nSPS) is 18.0. The van der Waals surface area contributed by atoms with E-state index in [-0.39, 0.29) is 33.8 Å². The number of ether oxygens (including phenoxy) is 1. The van der Waals surface area contributed by atoms with Crippen LogP contribution in [0.5, 0.6) is 0 Å². The van der Waals surface area contributed by atoms with E-state index in [1.807, 2.05) is 13.8 Å². The number of hydrogen-bond acceptors (Lipinski definition) is 5. The average Bonchev–Trinajstić information content (AvgIpc) is 2.54. The number of carbonyl (C=O) groups is 1. The Morgan fingerprint density at radius 3 is 1.62 bits per heavy atom. The third-order valence-electron chi connectivity index (χ3n) is 6.81. The number of aliphatic hydroxyl groups is 1. The molecule has 0 spiro atoms. The highest BCUT2D eigenvalue weighted by Gasteiger charge is 2.46. The number of esters is 1. The van der Waals surface area contributed by atoms with Crippen LogP contribution in [0.4, 0.5) is 0 Å². The van der Waals surface area contributed by atoms with E-state index >= 15 is 0 Å². The van der Waals surface area contributed by atoms with Crippen molar-refractivity contribution >= 4 is 22.6 Å². The minimum Gasteiger partial charge on any atom is -0.466 e. The molecule has 0 aromatic rings. The van der Waals surface area contributed by atoms with E-state index in [9.17, 15) is 9.90 Å². The molecule has 5 nitrogen and oxygen atoms in total. The Morgan fingerprint density at radius 2 is 1.28 bits per heavy atom. The molecule has 0 unspecified atom stereocenters. The molecule has 0 rings (SSSR count). The van der Waals surface area contributed by atoms with Crippen LogP contribution in [0.25, 0.3) is 0 Å². The van der Waals surface area contributed by atoms with E-state index in [2.05, 4.69) is 74.3 Å². The fraction of sp³-hybridized carbons (Fsp3) is 0.864. The maximum Gasteiger partial charge on any atom is 0.335 e. The standard InChI is InChI=1S/C22H46O5Si2/c1-15(18(23)16(2)20(24)25-10)19(27-29(13,14)22(7,8)9)17(3)26-28(11,12)21(4,5)6/h15,17-19,23H,2H2,1,3-14H3/t15-,17-,18-,19+/m1/s1. The first-order chi connectivity index (χ1) is 12.7. The third kappa shape index (κ3) is 7.31. The lowest BCUT2D eigenvalue weighted by Crippen LogP contribution is -2.54. The van der Waals surface area contributed by atoms with Crippen LogP contribution in [0.1, 0.15) is 55.4 Å². The van der Waals surface area contributed by atoms with E-state index in [1.54, 1.807) is 0 Å². The summed E-state index contributed by atoms with van der Waals surface area (Å²) in [6.07, 6.45) is -1.68. The van der Waals surface area contributed by atoms with E-state index in [0.29, 0.717) is 0 Å². The molecule has 0 aromatic carbocycles. The van der Waals surface area contributed by atoms with Gasteiger partial charge in [0.15, 0.2) is 16.6 Å². The van der Waals surface area contributed by atoms with Gasteiger partial charge >= 0.3 is 5.97 Å². The molecule has 1 N–H and O–H groups in total. The van der Waals surface area contributed by atoms with Crippen LogP contribution in [0.2, 0.25) is 36.3 Å². The Bertz CT molecular complexity index is 573. The molecule has 0 saturated heterocycles. The van der Waals surface area contributed by atoms with Gasteiger partial charge in [-0.1, -0.05) is 55.0 Å². The molecule has 0 aliphatic heterocycles. The topological polar surface area (TPSA) is 65.0 Å². The fourth-order valence-electron chi connectivity index (χ4n) is 2.61. The number of hydrogen-bond donors (Lipinski definition) is 1. The van der Waals surface area contributed by atoms with Gasteiger partial charge in [0.05, 0.1) is 31.0 Å². The van der Waals surface area contributed by atoms with Crippen molar-refractivity contribution in [1.29, 1.82) is 0 Å². The van der Waals surface area contributed by atoms with Gasteiger partial charge in [-0.3, -0.25) is 0 Å². The smallest absolute Gasteiger partial charge is 0.335 e. The molecule has 172 valence electrons. The molecule has 0 fully saturated rings. The Labute approximate surface area is 181 Å². The molecule has 4 atom stereocenters. The summed E-state index contributed by atoms with van der Waals surface area (Å²) in [6, 6.07) is 0. The largest absolute Gasteiger partial charge is 0.466 e. The molecule has 0 aromatic heterocycles. The summed E-state index contributed by atoms with van der Waals surface area (Å²) < 4.78 is 18.1. The Kier molecular flexibility index (Phi) is 9.61. The average molecular weight is 447 g/mol. The van der Waals surface area contributed by atoms with E-state index < -0.39 is 28.7 Å². The summed E-state index contributed by atoms with van der Waals surface area (Å²) in [7, 11) is -2.91. The lowest BCUT2D eigenvalue weighted by Gasteiger charge is -2.46. The minimum atomic E-state index is -2.15. The number of methoxy groups -OCH3 is 1. The first-order valence-electron chi connectivity index (χ1n) is 10.5. The van der Waals surface area contributed by atoms with Crippen molar-refractivity contribution in [3.8, 4) is 0 Å². The summed E-state index contributed by atoms with van der Waals surface area (Å²) in [4.78, 5) is 11.9. The third-order valence-corrected chi connectivity index (χ3v) is 15.9. The highest BCUT2D eigenvalue weighted by atomic mass is 28.4. The van der Waals surface area contributed by atoms with Crippen LogP contribution in [0.15, 0.2) is 12.2 Å². The van der Waals surface area contributed by atoms with E-state index in [4.69, 9.17) is 13.6 Å². The van der Waals surface area contributed by atoms with Crippen LogP contribution in [0, 0.1) is 5.92 Å². The van der Waals surface area contributed by atoms with Gasteiger partial charge < -0.3 is 18.7 Å². The molecule has 0 aliphatic carbocycles. The summed E-state index contributed by atoms with van der Waals surface area (Å²) in [5.41, 5.74) is 0.0448. The van der Waals surface area contributed by atoms with Crippen LogP contribution in [-0.4, -0.2) is 53.1 Å². The fourth-order valence-corrected chi connectivity index (χ4v) is 5.46. The second kappa shape index (κ2) is 9.77. The van der Waals surface area contributed by atoms with Crippen molar-refractivity contribution in [3.05, 3.63) is 12.2 Å². The molecule has 0 bridgehead atoms. The van der Waals surface area contributed by atoms with Crippen molar-refractivity contribution in [2.75, 3.05) is 7.11 Å². The lowest BCUT2D eigenvalue weighted by molar-refractivity contribution is -0.138. The molecular formula is C22H46O5Si2. The number of rotatable bonds is 9. The predicted octanol–water partition coefficient (Wildman–Crippen LogP) is 5.51. The molecule has 29 heavy (non-hydrogen) atoms. The first-order valence-corrected chi connectivity index (χ1v) is 16.3. The van der Waals surface area contributed by atoms with Crippen molar-refractivity contribution in [3.63, 3.8) is 0 Å². The van der Waals surface area contributed by atoms with Crippen LogP contribution in [0.3, 0.4) is 0 Å². The quantitative estimate of drug-likeness (QED) is 0.287. The Hall–Kier alpha value is -0.476. The van der Waals surface area contributed by atoms with Crippen LogP contribution >= 0.6 is 0 Å². The monoisotopic (exact) mass is 446 g/mol. The van der Waals surface area contributed by atoms with Gasteiger partial charge in [0, 0.05) is 5.92 Å². The molecule has 0 amide bonds. The van der Waals surface area contributed by atoms with Gasteiger partial charge in [-0.2, -0.15) is 0 Å². The summed E-state index contributed by atoms with van der Waals surface area (Å²) in [5, 5.41) is 10.9. The summed E-state index contributed by atoms with van der Waals surface area (Å²) >= 11 is 0. The molecular weight excluding hydrogens is 400 g/mol. The number of carbonyl (C=O) groups excluding carboxylic acids is 1. The summed E-state index contributed by atoms with van der Waals surface area (Å²) in [6.45, 7) is 29.6. The van der Waals surface area contributed by atoms with Crippen molar-refractivity contribution in [1.82, 2.24) is 0 Å². The second-order valence-electron chi connectivity index (χ2n) is 11.2. The molecule has 0 radical (unpaired) electrons. The molecule has 0 saturated carbocycles. The minimum absolute atomic E-state index is 0.00593. The van der Waals surface area contributed by atoms with Crippen molar-refractivity contribution in [2.45, 2.75) is 110 Å². The SMILES string of the molecule is C=C(C(=O)OC)[C@H](O)[C@@H](C)[C@H](O[Si](C)(C)C(C)(C)C)[C@@H](C)O[Si](C)(C)C(C)(C)C. The van der Waals surface area contributed by atoms with Gasteiger partial charge in [0.1, 0.15) is 0 Å². The van der Waals surface area contributed by atoms with Gasteiger partial charge in [-0.25, -0.2) is 4.79 Å². The summed E-state index contributed by atoms with van der Waals surface area (Å²) in [5.74, 6) is -0.983. The molecule has 0 aliphatic rings. The van der Waals surface area contributed by atoms with Crippen LogP contribution in [-0.2, 0) is 18.4 Å². The highest BCUT2D eigenvalue weighted by molar-refractivity contribution is 6.74. The maximum atomic E-state index is 11.9. The predicted molar refractivity (Wildman–Crippen MR) is 126 cm³/mol. The molecule has 7 heteroatoms. The van der Waals surface area contributed by atoms with Gasteiger partial charge in [-0.05, 0) is 43.2 Å². The highest BCUT2D eigenvalue weighted by Crippen LogP contribution is 2.41. The van der Waals surface area contributed by atoms with Crippen LogP contribution < -0.4 is 0 Å². The zero-order chi connectivity index (χ0) is 23.6. The lowest BCUT2D eigenvalue weighted by atomic mass is 9.90. The zero-order valence-electron chi connectivity index (χ0n) is 21.1. The van der Waals surface area contributed by atoms with Gasteiger partial charge in [-0.15, -0.1) is 0 Å². The Morgan fingerprint density at radius 1 is 0.897 bits per heavy atom. The van der Waals surface area contributed by atoms with E-state index in [0.717, 1.165) is 0 Å².